The summed E-state index contributed by atoms with van der Waals surface area (Å²) in [6.45, 7) is 10.6. The molecule has 0 aromatic heterocycles. The van der Waals surface area contributed by atoms with Crippen LogP contribution < -0.4 is 5.32 Å². The quantitative estimate of drug-likeness (QED) is 0.601. The number of likely N-dealkylation sites (N-methyl/N-ethyl adjacent to an activating group) is 1. The van der Waals surface area contributed by atoms with Gasteiger partial charge in [0.2, 0.25) is 5.91 Å². The predicted octanol–water partition coefficient (Wildman–Crippen LogP) is 2.49. The van der Waals surface area contributed by atoms with Gasteiger partial charge in [-0.05, 0) is 34.6 Å². The summed E-state index contributed by atoms with van der Waals surface area (Å²) in [5.41, 5.74) is -0.511. The molecule has 0 spiro atoms. The smallest absolute Gasteiger partial charge is 0.410 e. The van der Waals surface area contributed by atoms with Gasteiger partial charge < -0.3 is 15.0 Å². The Morgan fingerprint density at radius 2 is 1.90 bits per heavy atom. The summed E-state index contributed by atoms with van der Waals surface area (Å²) in [6, 6.07) is 0. The first kappa shape index (κ1) is 18.2. The van der Waals surface area contributed by atoms with Crippen molar-refractivity contribution < 1.29 is 14.3 Å². The zero-order valence-electron chi connectivity index (χ0n) is 13.1. The van der Waals surface area contributed by atoms with Crippen molar-refractivity contribution in [3.63, 3.8) is 0 Å². The van der Waals surface area contributed by atoms with E-state index in [1.165, 1.54) is 6.08 Å². The average molecular weight is 282 g/mol. The minimum Gasteiger partial charge on any atom is -0.444 e. The monoisotopic (exact) mass is 282 g/mol. The van der Waals surface area contributed by atoms with Crippen LogP contribution >= 0.6 is 0 Å². The van der Waals surface area contributed by atoms with Gasteiger partial charge in [-0.2, -0.15) is 0 Å². The summed E-state index contributed by atoms with van der Waals surface area (Å²) < 4.78 is 5.28. The third-order valence-corrected chi connectivity index (χ3v) is 2.27. The van der Waals surface area contributed by atoms with E-state index in [-0.39, 0.29) is 12.0 Å². The fraction of sp³-hybridized carbons (Fsp3) is 0.600. The number of carbonyl (C=O) groups is 2. The van der Waals surface area contributed by atoms with Crippen LogP contribution in [0.25, 0.3) is 0 Å². The van der Waals surface area contributed by atoms with E-state index in [4.69, 9.17) is 4.74 Å². The third-order valence-electron chi connectivity index (χ3n) is 2.27. The highest BCUT2D eigenvalue weighted by atomic mass is 16.6. The summed E-state index contributed by atoms with van der Waals surface area (Å²) in [7, 11) is 0. The first-order chi connectivity index (χ1) is 9.30. The van der Waals surface area contributed by atoms with E-state index in [9.17, 15) is 9.59 Å². The van der Waals surface area contributed by atoms with Gasteiger partial charge in [0.25, 0.3) is 0 Å². The normalized spacial score (nSPS) is 11.8. The van der Waals surface area contributed by atoms with Crippen LogP contribution in [-0.2, 0) is 9.53 Å². The Morgan fingerprint density at radius 3 is 2.40 bits per heavy atom. The fourth-order valence-electron chi connectivity index (χ4n) is 1.33. The summed E-state index contributed by atoms with van der Waals surface area (Å²) >= 11 is 0. The van der Waals surface area contributed by atoms with E-state index >= 15 is 0 Å². The maximum atomic E-state index is 11.8. The van der Waals surface area contributed by atoms with Gasteiger partial charge in [0.05, 0.1) is 0 Å². The van der Waals surface area contributed by atoms with Crippen LogP contribution in [0.4, 0.5) is 4.79 Å². The van der Waals surface area contributed by atoms with Crippen molar-refractivity contribution in [2.45, 2.75) is 40.2 Å². The molecule has 0 bridgehead atoms. The molecule has 5 nitrogen and oxygen atoms in total. The van der Waals surface area contributed by atoms with Crippen LogP contribution in [0.1, 0.15) is 34.6 Å². The average Bonchev–Trinajstić information content (AvgIpc) is 2.32. The Hall–Kier alpha value is -1.78. The molecule has 0 rings (SSSR count). The van der Waals surface area contributed by atoms with Gasteiger partial charge in [-0.1, -0.05) is 18.2 Å². The van der Waals surface area contributed by atoms with Crippen molar-refractivity contribution >= 4 is 12.0 Å². The number of nitrogens with zero attached hydrogens (tertiary/aromatic N) is 1. The largest absolute Gasteiger partial charge is 0.444 e. The summed E-state index contributed by atoms with van der Waals surface area (Å²) in [4.78, 5) is 24.8. The van der Waals surface area contributed by atoms with Crippen LogP contribution in [0.15, 0.2) is 24.3 Å². The molecule has 0 atom stereocenters. The lowest BCUT2D eigenvalue weighted by Crippen LogP contribution is -2.41. The maximum Gasteiger partial charge on any atom is 0.410 e. The molecule has 0 unspecified atom stereocenters. The van der Waals surface area contributed by atoms with Crippen molar-refractivity contribution in [3.05, 3.63) is 24.3 Å². The van der Waals surface area contributed by atoms with Crippen molar-refractivity contribution in [2.75, 3.05) is 19.6 Å². The maximum absolute atomic E-state index is 11.8. The highest BCUT2D eigenvalue weighted by Gasteiger charge is 2.20. The molecule has 0 radical (unpaired) electrons. The standard InChI is InChI=1S/C15H26N2O3/c1-6-8-9-10-13(18)16-11-12-17(7-2)14(19)20-15(3,4)5/h6,8-10H,7,11-12H2,1-5H3,(H,16,18)/b8-6+,10-9+. The second-order valence-corrected chi connectivity index (χ2v) is 5.24. The van der Waals surface area contributed by atoms with E-state index in [2.05, 4.69) is 5.32 Å². The van der Waals surface area contributed by atoms with Crippen molar-refractivity contribution in [1.29, 1.82) is 0 Å². The molecule has 0 fully saturated rings. The Kier molecular flexibility index (Phi) is 8.36. The van der Waals surface area contributed by atoms with Gasteiger partial charge in [0.15, 0.2) is 0 Å². The summed E-state index contributed by atoms with van der Waals surface area (Å²) in [5.74, 6) is -0.177. The number of carbonyl (C=O) groups excluding carboxylic acids is 2. The van der Waals surface area contributed by atoms with Gasteiger partial charge in [-0.3, -0.25) is 4.79 Å². The molecule has 0 saturated carbocycles. The number of nitrogens with one attached hydrogen (secondary N) is 1. The molecule has 20 heavy (non-hydrogen) atoms. The van der Waals surface area contributed by atoms with Gasteiger partial charge in [0, 0.05) is 25.7 Å². The van der Waals surface area contributed by atoms with Crippen LogP contribution in [0.3, 0.4) is 0 Å². The molecule has 1 N–H and O–H groups in total. The number of allylic oxidation sites excluding steroid dienone is 3. The van der Waals surface area contributed by atoms with Crippen molar-refractivity contribution in [2.24, 2.45) is 0 Å². The van der Waals surface area contributed by atoms with Gasteiger partial charge in [-0.15, -0.1) is 0 Å². The van der Waals surface area contributed by atoms with Crippen LogP contribution in [0.5, 0.6) is 0 Å². The molecular formula is C15H26N2O3. The second kappa shape index (κ2) is 9.18. The van der Waals surface area contributed by atoms with Gasteiger partial charge >= 0.3 is 6.09 Å². The molecule has 0 aromatic rings. The zero-order valence-corrected chi connectivity index (χ0v) is 13.1. The highest BCUT2D eigenvalue weighted by molar-refractivity contribution is 5.87. The minimum absolute atomic E-state index is 0.177. The van der Waals surface area contributed by atoms with Gasteiger partial charge in [0.1, 0.15) is 5.60 Å². The van der Waals surface area contributed by atoms with E-state index in [1.807, 2.05) is 40.7 Å². The molecule has 2 amide bonds. The molecule has 0 aliphatic rings. The number of rotatable bonds is 6. The fourth-order valence-corrected chi connectivity index (χ4v) is 1.33. The van der Waals surface area contributed by atoms with E-state index < -0.39 is 5.60 Å². The predicted molar refractivity (Wildman–Crippen MR) is 80.4 cm³/mol. The lowest BCUT2D eigenvalue weighted by molar-refractivity contribution is -0.116. The van der Waals surface area contributed by atoms with Gasteiger partial charge in [-0.25, -0.2) is 4.79 Å². The first-order valence-electron chi connectivity index (χ1n) is 6.85. The number of amides is 2. The summed E-state index contributed by atoms with van der Waals surface area (Å²) in [5, 5.41) is 2.71. The molecule has 0 aliphatic heterocycles. The zero-order chi connectivity index (χ0) is 15.6. The summed E-state index contributed by atoms with van der Waals surface area (Å²) in [6.07, 6.45) is 6.37. The Balaban J connectivity index is 4.14. The van der Waals surface area contributed by atoms with E-state index in [0.717, 1.165) is 0 Å². The van der Waals surface area contributed by atoms with E-state index in [0.29, 0.717) is 19.6 Å². The van der Waals surface area contributed by atoms with Crippen molar-refractivity contribution in [1.82, 2.24) is 10.2 Å². The Morgan fingerprint density at radius 1 is 1.25 bits per heavy atom. The SMILES string of the molecule is C/C=C/C=C/C(=O)NCCN(CC)C(=O)OC(C)(C)C. The molecule has 0 saturated heterocycles. The number of hydrogen-bond donors (Lipinski definition) is 1. The topological polar surface area (TPSA) is 58.6 Å². The Labute approximate surface area is 121 Å². The lowest BCUT2D eigenvalue weighted by atomic mass is 10.2. The second-order valence-electron chi connectivity index (χ2n) is 5.24. The molecule has 5 heteroatoms. The molecule has 0 heterocycles. The molecule has 0 aromatic carbocycles. The molecular weight excluding hydrogens is 256 g/mol. The minimum atomic E-state index is -0.511. The third kappa shape index (κ3) is 9.19. The van der Waals surface area contributed by atoms with Crippen LogP contribution in [0, 0.1) is 0 Å². The van der Waals surface area contributed by atoms with Crippen LogP contribution in [0.2, 0.25) is 0 Å². The molecule has 114 valence electrons. The highest BCUT2D eigenvalue weighted by Crippen LogP contribution is 2.09. The van der Waals surface area contributed by atoms with Crippen molar-refractivity contribution in [3.8, 4) is 0 Å². The number of ether oxygens (including phenoxy) is 1. The van der Waals surface area contributed by atoms with Crippen LogP contribution in [-0.4, -0.2) is 42.1 Å². The number of hydrogen-bond acceptors (Lipinski definition) is 3. The van der Waals surface area contributed by atoms with E-state index in [1.54, 1.807) is 17.1 Å². The molecule has 0 aliphatic carbocycles. The lowest BCUT2D eigenvalue weighted by Gasteiger charge is -2.26. The Bertz CT molecular complexity index is 368. The first-order valence-corrected chi connectivity index (χ1v) is 6.85.